The zero-order valence-corrected chi connectivity index (χ0v) is 12.6. The molecule has 1 N–H and O–H groups in total. The number of hydrogen-bond acceptors (Lipinski definition) is 1. The molecule has 2 aromatic carbocycles. The van der Waals surface area contributed by atoms with Crippen molar-refractivity contribution >= 4 is 0 Å². The summed E-state index contributed by atoms with van der Waals surface area (Å²) in [6, 6.07) is 19.9. The standard InChI is InChI=1S/C19H25N/c1-3-4-8-15-20-19(17-9-6-5-7-10-17)18-13-11-16(2)12-14-18/h5-7,9-14,19-20H,3-4,8,15H2,1-2H3. The molecule has 0 saturated carbocycles. The Hall–Kier alpha value is -1.60. The highest BCUT2D eigenvalue weighted by Crippen LogP contribution is 2.22. The predicted molar refractivity (Wildman–Crippen MR) is 87.0 cm³/mol. The highest BCUT2D eigenvalue weighted by atomic mass is 14.9. The van der Waals surface area contributed by atoms with Gasteiger partial charge in [-0.1, -0.05) is 79.9 Å². The Bertz CT molecular complexity index is 487. The monoisotopic (exact) mass is 267 g/mol. The molecule has 0 heterocycles. The van der Waals surface area contributed by atoms with Crippen molar-refractivity contribution < 1.29 is 0 Å². The third-order valence-corrected chi connectivity index (χ3v) is 3.67. The fourth-order valence-electron chi connectivity index (χ4n) is 2.45. The van der Waals surface area contributed by atoms with Crippen LogP contribution in [0.4, 0.5) is 0 Å². The van der Waals surface area contributed by atoms with Gasteiger partial charge in [-0.15, -0.1) is 0 Å². The van der Waals surface area contributed by atoms with Gasteiger partial charge < -0.3 is 5.32 Å². The molecule has 0 fully saturated rings. The summed E-state index contributed by atoms with van der Waals surface area (Å²) in [5, 5.41) is 3.71. The van der Waals surface area contributed by atoms with Crippen molar-refractivity contribution in [1.82, 2.24) is 5.32 Å². The molecule has 0 saturated heterocycles. The molecule has 2 rings (SSSR count). The average Bonchev–Trinajstić information content (AvgIpc) is 2.50. The van der Waals surface area contributed by atoms with Gasteiger partial charge >= 0.3 is 0 Å². The molecule has 1 nitrogen and oxygen atoms in total. The Morgan fingerprint density at radius 2 is 1.50 bits per heavy atom. The maximum Gasteiger partial charge on any atom is 0.0576 e. The molecule has 1 heteroatoms. The van der Waals surface area contributed by atoms with Crippen molar-refractivity contribution in [2.45, 2.75) is 39.2 Å². The van der Waals surface area contributed by atoms with Crippen molar-refractivity contribution in [3.8, 4) is 0 Å². The molecule has 0 aliphatic carbocycles. The summed E-state index contributed by atoms with van der Waals surface area (Å²) in [7, 11) is 0. The van der Waals surface area contributed by atoms with Crippen LogP contribution in [0.25, 0.3) is 0 Å². The second-order valence-corrected chi connectivity index (χ2v) is 5.42. The Morgan fingerprint density at radius 3 is 2.15 bits per heavy atom. The van der Waals surface area contributed by atoms with E-state index in [1.807, 2.05) is 0 Å². The zero-order chi connectivity index (χ0) is 14.2. The maximum atomic E-state index is 3.71. The number of rotatable bonds is 7. The lowest BCUT2D eigenvalue weighted by Gasteiger charge is -2.20. The second-order valence-electron chi connectivity index (χ2n) is 5.42. The third-order valence-electron chi connectivity index (χ3n) is 3.67. The van der Waals surface area contributed by atoms with E-state index in [-0.39, 0.29) is 0 Å². The summed E-state index contributed by atoms with van der Waals surface area (Å²) < 4.78 is 0. The van der Waals surface area contributed by atoms with Crippen LogP contribution in [0, 0.1) is 6.92 Å². The first-order valence-corrected chi connectivity index (χ1v) is 7.66. The van der Waals surface area contributed by atoms with E-state index in [2.05, 4.69) is 73.8 Å². The van der Waals surface area contributed by atoms with E-state index >= 15 is 0 Å². The highest BCUT2D eigenvalue weighted by Gasteiger charge is 2.12. The van der Waals surface area contributed by atoms with Crippen LogP contribution in [0.15, 0.2) is 54.6 Å². The van der Waals surface area contributed by atoms with Gasteiger partial charge in [0.05, 0.1) is 6.04 Å². The normalized spacial score (nSPS) is 12.3. The lowest BCUT2D eigenvalue weighted by molar-refractivity contribution is 0.565. The fourth-order valence-corrected chi connectivity index (χ4v) is 2.45. The van der Waals surface area contributed by atoms with E-state index in [0.29, 0.717) is 6.04 Å². The molecular weight excluding hydrogens is 242 g/mol. The summed E-state index contributed by atoms with van der Waals surface area (Å²) in [4.78, 5) is 0. The van der Waals surface area contributed by atoms with E-state index in [4.69, 9.17) is 0 Å². The summed E-state index contributed by atoms with van der Waals surface area (Å²) in [6.45, 7) is 5.45. The Kier molecular flexibility index (Phi) is 5.82. The first-order valence-electron chi connectivity index (χ1n) is 7.66. The van der Waals surface area contributed by atoms with E-state index in [1.165, 1.54) is 36.0 Å². The fraction of sp³-hybridized carbons (Fsp3) is 0.368. The quantitative estimate of drug-likeness (QED) is 0.706. The van der Waals surface area contributed by atoms with E-state index in [0.717, 1.165) is 6.54 Å². The van der Waals surface area contributed by atoms with Crippen LogP contribution in [0.1, 0.15) is 48.9 Å². The molecule has 0 spiro atoms. The van der Waals surface area contributed by atoms with Crippen molar-refractivity contribution in [2.24, 2.45) is 0 Å². The van der Waals surface area contributed by atoms with Gasteiger partial charge in [-0.3, -0.25) is 0 Å². The lowest BCUT2D eigenvalue weighted by atomic mass is 9.97. The van der Waals surface area contributed by atoms with Crippen LogP contribution in [-0.2, 0) is 0 Å². The SMILES string of the molecule is CCCCCNC(c1ccccc1)c1ccc(C)cc1. The molecule has 1 atom stereocenters. The second kappa shape index (κ2) is 7.86. The minimum atomic E-state index is 0.300. The van der Waals surface area contributed by atoms with Crippen LogP contribution in [-0.4, -0.2) is 6.54 Å². The van der Waals surface area contributed by atoms with Gasteiger partial charge in [0, 0.05) is 0 Å². The predicted octanol–water partition coefficient (Wildman–Crippen LogP) is 4.86. The van der Waals surface area contributed by atoms with Gasteiger partial charge in [0.2, 0.25) is 0 Å². The van der Waals surface area contributed by atoms with Gasteiger partial charge in [-0.25, -0.2) is 0 Å². The van der Waals surface area contributed by atoms with Crippen LogP contribution < -0.4 is 5.32 Å². The van der Waals surface area contributed by atoms with Crippen LogP contribution in [0.5, 0.6) is 0 Å². The molecule has 0 aliphatic rings. The van der Waals surface area contributed by atoms with Gasteiger partial charge in [-0.05, 0) is 31.0 Å². The minimum absolute atomic E-state index is 0.300. The molecule has 0 radical (unpaired) electrons. The largest absolute Gasteiger partial charge is 0.306 e. The van der Waals surface area contributed by atoms with Gasteiger partial charge in [0.15, 0.2) is 0 Å². The molecule has 0 bridgehead atoms. The lowest BCUT2D eigenvalue weighted by Crippen LogP contribution is -2.23. The van der Waals surface area contributed by atoms with Crippen molar-refractivity contribution in [3.05, 3.63) is 71.3 Å². The maximum absolute atomic E-state index is 3.71. The topological polar surface area (TPSA) is 12.0 Å². The van der Waals surface area contributed by atoms with Crippen LogP contribution in [0.3, 0.4) is 0 Å². The third kappa shape index (κ3) is 4.21. The van der Waals surface area contributed by atoms with E-state index in [1.54, 1.807) is 0 Å². The number of nitrogens with one attached hydrogen (secondary N) is 1. The number of hydrogen-bond donors (Lipinski definition) is 1. The molecule has 0 aliphatic heterocycles. The molecule has 0 aromatic heterocycles. The number of aryl methyl sites for hydroxylation is 1. The smallest absolute Gasteiger partial charge is 0.0576 e. The molecule has 1 unspecified atom stereocenters. The summed E-state index contributed by atoms with van der Waals surface area (Å²) in [5.74, 6) is 0. The summed E-state index contributed by atoms with van der Waals surface area (Å²) >= 11 is 0. The first kappa shape index (κ1) is 14.8. The molecule has 106 valence electrons. The Labute approximate surface area is 123 Å². The van der Waals surface area contributed by atoms with Gasteiger partial charge in [-0.2, -0.15) is 0 Å². The molecule has 0 amide bonds. The Balaban J connectivity index is 2.13. The van der Waals surface area contributed by atoms with E-state index in [9.17, 15) is 0 Å². The van der Waals surface area contributed by atoms with Gasteiger partial charge in [0.1, 0.15) is 0 Å². The molecule has 2 aromatic rings. The highest BCUT2D eigenvalue weighted by molar-refractivity contribution is 5.33. The molecular formula is C19H25N. The summed E-state index contributed by atoms with van der Waals surface area (Å²) in [5.41, 5.74) is 4.00. The summed E-state index contributed by atoms with van der Waals surface area (Å²) in [6.07, 6.45) is 3.80. The van der Waals surface area contributed by atoms with E-state index < -0.39 is 0 Å². The first-order chi connectivity index (χ1) is 9.81. The zero-order valence-electron chi connectivity index (χ0n) is 12.6. The minimum Gasteiger partial charge on any atom is -0.306 e. The number of unbranched alkanes of at least 4 members (excludes halogenated alkanes) is 2. The van der Waals surface area contributed by atoms with Crippen molar-refractivity contribution in [3.63, 3.8) is 0 Å². The van der Waals surface area contributed by atoms with Crippen molar-refractivity contribution in [1.29, 1.82) is 0 Å². The van der Waals surface area contributed by atoms with Crippen molar-refractivity contribution in [2.75, 3.05) is 6.54 Å². The van der Waals surface area contributed by atoms with Gasteiger partial charge in [0.25, 0.3) is 0 Å². The molecule has 20 heavy (non-hydrogen) atoms. The number of benzene rings is 2. The average molecular weight is 267 g/mol. The van der Waals surface area contributed by atoms with Crippen LogP contribution >= 0.6 is 0 Å². The van der Waals surface area contributed by atoms with Crippen LogP contribution in [0.2, 0.25) is 0 Å². The Morgan fingerprint density at radius 1 is 0.850 bits per heavy atom.